The summed E-state index contributed by atoms with van der Waals surface area (Å²) in [4.78, 5) is 48.4. The minimum atomic E-state index is -0.688. The number of benzene rings is 1. The molecule has 0 saturated carbocycles. The molecule has 0 aromatic heterocycles. The molecule has 4 rings (SSSR count). The molecule has 30 heavy (non-hydrogen) atoms. The number of halogens is 1. The van der Waals surface area contributed by atoms with Crippen LogP contribution in [-0.2, 0) is 9.59 Å². The Balaban J connectivity index is 1.45. The lowest BCUT2D eigenvalue weighted by Crippen LogP contribution is -2.64. The Kier molecular flexibility index (Phi) is 5.42. The molecule has 3 amide bonds. The number of likely N-dealkylation sites (N-methyl/N-ethyl adjacent to an activating group) is 1. The average molecular weight is 416 g/mol. The number of aliphatic imine (C=N–C) groups is 1. The van der Waals surface area contributed by atoms with E-state index >= 15 is 0 Å². The monoisotopic (exact) mass is 416 g/mol. The Morgan fingerprint density at radius 3 is 2.47 bits per heavy atom. The number of carbonyl (C=O) groups is 3. The van der Waals surface area contributed by atoms with Crippen LogP contribution in [0.5, 0.6) is 0 Å². The number of hydrogen-bond acceptors (Lipinski definition) is 7. The number of piperazine rings is 1. The maximum absolute atomic E-state index is 13.2. The summed E-state index contributed by atoms with van der Waals surface area (Å²) >= 11 is 0. The predicted octanol–water partition coefficient (Wildman–Crippen LogP) is 0.127. The number of urea groups is 1. The molecule has 2 unspecified atom stereocenters. The summed E-state index contributed by atoms with van der Waals surface area (Å²) in [5.41, 5.74) is 0.982. The van der Waals surface area contributed by atoms with E-state index in [0.29, 0.717) is 12.4 Å². The predicted molar refractivity (Wildman–Crippen MR) is 109 cm³/mol. The Morgan fingerprint density at radius 2 is 1.83 bits per heavy atom. The van der Waals surface area contributed by atoms with Gasteiger partial charge in [-0.15, -0.1) is 0 Å². The molecule has 0 radical (unpaired) electrons. The molecule has 0 aliphatic carbocycles. The van der Waals surface area contributed by atoms with Crippen LogP contribution < -0.4 is 10.2 Å². The molecular weight excluding hydrogens is 391 g/mol. The van der Waals surface area contributed by atoms with Crippen molar-refractivity contribution in [2.45, 2.75) is 19.1 Å². The van der Waals surface area contributed by atoms with Crippen molar-refractivity contribution < 1.29 is 18.8 Å². The molecule has 1 N–H and O–H groups in total. The van der Waals surface area contributed by atoms with Crippen LogP contribution in [-0.4, -0.2) is 96.8 Å². The van der Waals surface area contributed by atoms with Crippen LogP contribution >= 0.6 is 0 Å². The fourth-order valence-electron chi connectivity index (χ4n) is 4.16. The molecule has 3 aliphatic rings. The van der Waals surface area contributed by atoms with Gasteiger partial charge in [0.2, 0.25) is 0 Å². The number of rotatable bonds is 5. The summed E-state index contributed by atoms with van der Waals surface area (Å²) < 4.78 is 13.2. The van der Waals surface area contributed by atoms with Crippen molar-refractivity contribution in [3.05, 3.63) is 30.1 Å². The highest BCUT2D eigenvalue weighted by molar-refractivity contribution is 6.05. The van der Waals surface area contributed by atoms with E-state index < -0.39 is 24.1 Å². The lowest BCUT2D eigenvalue weighted by atomic mass is 10.1. The average Bonchev–Trinajstić information content (AvgIpc) is 3.05. The zero-order chi connectivity index (χ0) is 21.4. The Morgan fingerprint density at radius 1 is 1.17 bits per heavy atom. The number of anilines is 1. The summed E-state index contributed by atoms with van der Waals surface area (Å²) in [5.74, 6) is -0.107. The number of ketones is 1. The van der Waals surface area contributed by atoms with Gasteiger partial charge in [0.1, 0.15) is 17.4 Å². The van der Waals surface area contributed by atoms with Gasteiger partial charge >= 0.3 is 6.03 Å². The van der Waals surface area contributed by atoms with Gasteiger partial charge in [-0.3, -0.25) is 19.8 Å². The molecule has 0 bridgehead atoms. The molecule has 3 heterocycles. The van der Waals surface area contributed by atoms with Gasteiger partial charge in [0.25, 0.3) is 5.91 Å². The number of Topliss-reactive ketones (excluding diaryl/α,β-unsaturated/α-hetero) is 1. The maximum atomic E-state index is 13.2. The normalized spacial score (nSPS) is 24.6. The molecule has 1 aromatic carbocycles. The fraction of sp³-hybridized carbons (Fsp3) is 0.500. The van der Waals surface area contributed by atoms with Crippen LogP contribution in [0.3, 0.4) is 0 Å². The zero-order valence-electron chi connectivity index (χ0n) is 17.0. The Labute approximate surface area is 174 Å². The maximum Gasteiger partial charge on any atom is 0.325 e. The van der Waals surface area contributed by atoms with E-state index in [1.54, 1.807) is 24.1 Å². The third-order valence-corrected chi connectivity index (χ3v) is 5.77. The summed E-state index contributed by atoms with van der Waals surface area (Å²) in [6, 6.07) is 5.29. The third kappa shape index (κ3) is 3.87. The first-order chi connectivity index (χ1) is 14.3. The van der Waals surface area contributed by atoms with Gasteiger partial charge in [0.15, 0.2) is 12.2 Å². The van der Waals surface area contributed by atoms with E-state index in [2.05, 4.69) is 20.1 Å². The molecule has 3 aliphatic heterocycles. The van der Waals surface area contributed by atoms with Crippen LogP contribution in [0.4, 0.5) is 14.9 Å². The van der Waals surface area contributed by atoms with Crippen molar-refractivity contribution in [3.63, 3.8) is 0 Å². The van der Waals surface area contributed by atoms with Gasteiger partial charge in [0.05, 0.1) is 13.1 Å². The second-order valence-electron chi connectivity index (χ2n) is 7.88. The van der Waals surface area contributed by atoms with Crippen LogP contribution in [0.2, 0.25) is 0 Å². The first-order valence-electron chi connectivity index (χ1n) is 9.97. The highest BCUT2D eigenvalue weighted by Crippen LogP contribution is 2.25. The highest BCUT2D eigenvalue weighted by atomic mass is 19.1. The van der Waals surface area contributed by atoms with Gasteiger partial charge in [-0.05, 0) is 31.2 Å². The standard InChI is InChI=1S/C20H25FN6O3/c1-13(28)11-27-16(22-18-17(27)19(29)23-20(30)24(18)2)12-25-7-9-26(10-8-25)15-5-3-14(21)4-6-15/h3-6,17-18H,7-12H2,1-2H3,(H,23,29,30). The largest absolute Gasteiger partial charge is 0.369 e. The van der Waals surface area contributed by atoms with Crippen molar-refractivity contribution in [3.8, 4) is 0 Å². The van der Waals surface area contributed by atoms with Gasteiger partial charge in [-0.1, -0.05) is 0 Å². The van der Waals surface area contributed by atoms with Crippen molar-refractivity contribution in [2.75, 3.05) is 51.2 Å². The summed E-state index contributed by atoms with van der Waals surface area (Å²) in [6.45, 7) is 5.12. The fourth-order valence-corrected chi connectivity index (χ4v) is 4.16. The number of carbonyl (C=O) groups excluding carboxylic acids is 3. The van der Waals surface area contributed by atoms with Crippen LogP contribution in [0.15, 0.2) is 29.3 Å². The first-order valence-corrected chi connectivity index (χ1v) is 9.97. The second kappa shape index (κ2) is 8.02. The van der Waals surface area contributed by atoms with Gasteiger partial charge in [0, 0.05) is 38.9 Å². The number of nitrogens with zero attached hydrogens (tertiary/aromatic N) is 5. The van der Waals surface area contributed by atoms with Crippen molar-refractivity contribution in [2.24, 2.45) is 4.99 Å². The van der Waals surface area contributed by atoms with E-state index in [9.17, 15) is 18.8 Å². The van der Waals surface area contributed by atoms with E-state index in [1.807, 2.05) is 0 Å². The number of nitrogens with one attached hydrogen (secondary N) is 1. The highest BCUT2D eigenvalue weighted by Gasteiger charge is 2.48. The molecule has 9 nitrogen and oxygen atoms in total. The van der Waals surface area contributed by atoms with Crippen molar-refractivity contribution in [1.82, 2.24) is 20.0 Å². The number of amidine groups is 1. The molecule has 10 heteroatoms. The van der Waals surface area contributed by atoms with E-state index in [4.69, 9.17) is 0 Å². The van der Waals surface area contributed by atoms with E-state index in [-0.39, 0.29) is 18.1 Å². The molecule has 2 saturated heterocycles. The van der Waals surface area contributed by atoms with Gasteiger partial charge in [-0.2, -0.15) is 0 Å². The van der Waals surface area contributed by atoms with E-state index in [1.165, 1.54) is 24.0 Å². The topological polar surface area (TPSA) is 88.6 Å². The van der Waals surface area contributed by atoms with Crippen LogP contribution in [0, 0.1) is 5.82 Å². The Bertz CT molecular complexity index is 881. The molecule has 160 valence electrons. The SMILES string of the molecule is CC(=O)CN1C(CN2CCN(c3ccc(F)cc3)CC2)=NC2C1C(=O)NC(=O)N2C. The van der Waals surface area contributed by atoms with Gasteiger partial charge < -0.3 is 14.7 Å². The minimum absolute atomic E-state index is 0.0724. The zero-order valence-corrected chi connectivity index (χ0v) is 17.0. The molecular formula is C20H25FN6O3. The molecule has 0 spiro atoms. The number of amides is 3. The van der Waals surface area contributed by atoms with Crippen molar-refractivity contribution >= 4 is 29.2 Å². The summed E-state index contributed by atoms with van der Waals surface area (Å²) in [6.07, 6.45) is -0.624. The number of imide groups is 1. The summed E-state index contributed by atoms with van der Waals surface area (Å²) in [5, 5.41) is 2.33. The first kappa shape index (κ1) is 20.3. The van der Waals surface area contributed by atoms with Crippen LogP contribution in [0.25, 0.3) is 0 Å². The lowest BCUT2D eigenvalue weighted by molar-refractivity contribution is -0.128. The molecule has 2 atom stereocenters. The smallest absolute Gasteiger partial charge is 0.325 e. The van der Waals surface area contributed by atoms with E-state index in [0.717, 1.165) is 31.9 Å². The third-order valence-electron chi connectivity index (χ3n) is 5.77. The lowest BCUT2D eigenvalue weighted by Gasteiger charge is -2.38. The second-order valence-corrected chi connectivity index (χ2v) is 7.88. The quantitative estimate of drug-likeness (QED) is 0.734. The number of hydrogen-bond donors (Lipinski definition) is 1. The van der Waals surface area contributed by atoms with Crippen LogP contribution in [0.1, 0.15) is 6.92 Å². The Hall–Kier alpha value is -3.01. The molecule has 2 fully saturated rings. The van der Waals surface area contributed by atoms with Gasteiger partial charge in [-0.25, -0.2) is 14.2 Å². The minimum Gasteiger partial charge on any atom is -0.369 e. The number of fused-ring (bicyclic) bond motifs is 1. The molecule has 1 aromatic rings. The summed E-state index contributed by atoms with van der Waals surface area (Å²) in [7, 11) is 1.60. The van der Waals surface area contributed by atoms with Crippen molar-refractivity contribution in [1.29, 1.82) is 0 Å².